The van der Waals surface area contributed by atoms with Gasteiger partial charge in [0.05, 0.1) is 27.4 Å². The standard InChI is InChI=1S/C23H22ClIN2O5S/c1-4-30-18-10-14(9-16(25)21(18)32-12-20(28)31-5-2)11-19-22(29)27-23(33-19)26-17-8-6-7-15(24)13(17)3/h6-11H,4-5,12H2,1-3H3,(H,26,27,29)/b19-11+. The molecule has 33 heavy (non-hydrogen) atoms. The van der Waals surface area contributed by atoms with Crippen LogP contribution < -0.4 is 14.8 Å². The van der Waals surface area contributed by atoms with Gasteiger partial charge in [-0.05, 0) is 96.6 Å². The molecule has 0 aliphatic carbocycles. The number of amides is 1. The Morgan fingerprint density at radius 2 is 2.03 bits per heavy atom. The summed E-state index contributed by atoms with van der Waals surface area (Å²) in [6.45, 7) is 5.95. The zero-order valence-corrected chi connectivity index (χ0v) is 22.0. The van der Waals surface area contributed by atoms with Gasteiger partial charge in [-0.1, -0.05) is 17.7 Å². The van der Waals surface area contributed by atoms with Gasteiger partial charge in [0.2, 0.25) is 0 Å². The lowest BCUT2D eigenvalue weighted by Gasteiger charge is -2.14. The normalized spacial score (nSPS) is 15.6. The number of rotatable bonds is 8. The number of esters is 1. The lowest BCUT2D eigenvalue weighted by atomic mass is 10.2. The second-order valence-electron chi connectivity index (χ2n) is 6.72. The van der Waals surface area contributed by atoms with Crippen molar-refractivity contribution in [1.29, 1.82) is 0 Å². The number of amidine groups is 1. The zero-order chi connectivity index (χ0) is 24.0. The SMILES string of the molecule is CCOC(=O)COc1c(I)cc(/C=C2/SC(=Nc3cccc(Cl)c3C)NC2=O)cc1OCC. The Balaban J connectivity index is 1.84. The Hall–Kier alpha value is -2.24. The zero-order valence-electron chi connectivity index (χ0n) is 18.2. The lowest BCUT2D eigenvalue weighted by Crippen LogP contribution is -2.19. The molecule has 2 aromatic carbocycles. The molecule has 3 rings (SSSR count). The van der Waals surface area contributed by atoms with E-state index in [-0.39, 0.29) is 19.1 Å². The molecule has 1 aliphatic rings. The van der Waals surface area contributed by atoms with E-state index in [0.717, 1.165) is 14.7 Å². The number of thioether (sulfide) groups is 1. The minimum Gasteiger partial charge on any atom is -0.490 e. The van der Waals surface area contributed by atoms with E-state index in [0.29, 0.717) is 38.9 Å². The van der Waals surface area contributed by atoms with E-state index >= 15 is 0 Å². The summed E-state index contributed by atoms with van der Waals surface area (Å²) in [4.78, 5) is 29.2. The predicted octanol–water partition coefficient (Wildman–Crippen LogP) is 5.49. The van der Waals surface area contributed by atoms with Crippen molar-refractivity contribution in [2.24, 2.45) is 4.99 Å². The van der Waals surface area contributed by atoms with Gasteiger partial charge in [0.1, 0.15) is 0 Å². The second kappa shape index (κ2) is 11.8. The van der Waals surface area contributed by atoms with Crippen molar-refractivity contribution in [3.8, 4) is 11.5 Å². The number of carbonyl (C=O) groups excluding carboxylic acids is 2. The first kappa shape index (κ1) is 25.4. The van der Waals surface area contributed by atoms with Crippen molar-refractivity contribution in [2.45, 2.75) is 20.8 Å². The first-order valence-electron chi connectivity index (χ1n) is 10.1. The van der Waals surface area contributed by atoms with E-state index < -0.39 is 5.97 Å². The number of nitrogens with zero attached hydrogens (tertiary/aromatic N) is 1. The molecule has 7 nitrogen and oxygen atoms in total. The summed E-state index contributed by atoms with van der Waals surface area (Å²) in [6, 6.07) is 9.07. The Bertz CT molecular complexity index is 1140. The summed E-state index contributed by atoms with van der Waals surface area (Å²) in [5.74, 6) is 0.235. The number of nitrogens with one attached hydrogen (secondary N) is 1. The number of aliphatic imine (C=N–C) groups is 1. The fraction of sp³-hybridized carbons (Fsp3) is 0.261. The molecule has 1 heterocycles. The minimum absolute atomic E-state index is 0.217. The molecule has 0 aromatic heterocycles. The van der Waals surface area contributed by atoms with Gasteiger partial charge in [0.25, 0.3) is 5.91 Å². The monoisotopic (exact) mass is 600 g/mol. The third-order valence-electron chi connectivity index (χ3n) is 4.38. The number of benzene rings is 2. The topological polar surface area (TPSA) is 86.2 Å². The number of carbonyl (C=O) groups is 2. The molecule has 0 bridgehead atoms. The first-order chi connectivity index (χ1) is 15.8. The fourth-order valence-corrected chi connectivity index (χ4v) is 4.65. The average Bonchev–Trinajstić information content (AvgIpc) is 3.10. The highest BCUT2D eigenvalue weighted by molar-refractivity contribution is 14.1. The quantitative estimate of drug-likeness (QED) is 0.245. The fourth-order valence-electron chi connectivity index (χ4n) is 2.87. The molecule has 1 aliphatic heterocycles. The molecule has 0 saturated carbocycles. The molecule has 10 heteroatoms. The largest absolute Gasteiger partial charge is 0.490 e. The summed E-state index contributed by atoms with van der Waals surface area (Å²) in [5, 5.41) is 3.88. The molecule has 0 atom stereocenters. The second-order valence-corrected chi connectivity index (χ2v) is 9.32. The molecular weight excluding hydrogens is 579 g/mol. The third-order valence-corrected chi connectivity index (χ3v) is 6.50. The van der Waals surface area contributed by atoms with E-state index in [1.807, 2.05) is 32.0 Å². The van der Waals surface area contributed by atoms with Gasteiger partial charge in [-0.25, -0.2) is 9.79 Å². The maximum atomic E-state index is 12.5. The number of hydrogen-bond acceptors (Lipinski definition) is 7. The third kappa shape index (κ3) is 6.64. The average molecular weight is 601 g/mol. The van der Waals surface area contributed by atoms with E-state index in [9.17, 15) is 9.59 Å². The van der Waals surface area contributed by atoms with Gasteiger partial charge < -0.3 is 19.5 Å². The molecule has 1 saturated heterocycles. The van der Waals surface area contributed by atoms with Crippen LogP contribution in [0, 0.1) is 10.5 Å². The van der Waals surface area contributed by atoms with E-state index in [2.05, 4.69) is 32.9 Å². The van der Waals surface area contributed by atoms with E-state index in [1.54, 1.807) is 25.1 Å². The molecule has 1 amide bonds. The van der Waals surface area contributed by atoms with Gasteiger partial charge in [-0.15, -0.1) is 0 Å². The van der Waals surface area contributed by atoms with Crippen LogP contribution in [0.2, 0.25) is 5.02 Å². The van der Waals surface area contributed by atoms with Crippen LogP contribution in [0.4, 0.5) is 5.69 Å². The minimum atomic E-state index is -0.456. The molecule has 174 valence electrons. The van der Waals surface area contributed by atoms with Gasteiger partial charge in [0.15, 0.2) is 23.3 Å². The number of hydrogen-bond donors (Lipinski definition) is 1. The van der Waals surface area contributed by atoms with E-state index in [4.69, 9.17) is 25.8 Å². The Kier molecular flexibility index (Phi) is 9.04. The van der Waals surface area contributed by atoms with Gasteiger partial charge in [-0.3, -0.25) is 4.79 Å². The van der Waals surface area contributed by atoms with Crippen LogP contribution in [0.25, 0.3) is 6.08 Å². The van der Waals surface area contributed by atoms with Crippen LogP contribution >= 0.6 is 46.0 Å². The van der Waals surface area contributed by atoms with Crippen LogP contribution in [-0.2, 0) is 14.3 Å². The Morgan fingerprint density at radius 1 is 1.24 bits per heavy atom. The lowest BCUT2D eigenvalue weighted by molar-refractivity contribution is -0.145. The molecular formula is C23H22ClIN2O5S. The maximum Gasteiger partial charge on any atom is 0.344 e. The van der Waals surface area contributed by atoms with Crippen molar-refractivity contribution in [3.63, 3.8) is 0 Å². The molecule has 2 aromatic rings. The van der Waals surface area contributed by atoms with Crippen LogP contribution in [0.5, 0.6) is 11.5 Å². The van der Waals surface area contributed by atoms with Crippen LogP contribution in [-0.4, -0.2) is 36.9 Å². The number of halogens is 2. The summed E-state index contributed by atoms with van der Waals surface area (Å²) in [7, 11) is 0. The number of ether oxygens (including phenoxy) is 3. The highest BCUT2D eigenvalue weighted by Gasteiger charge is 2.24. The van der Waals surface area contributed by atoms with Gasteiger partial charge in [0, 0.05) is 5.02 Å². The maximum absolute atomic E-state index is 12.5. The Morgan fingerprint density at radius 3 is 2.76 bits per heavy atom. The van der Waals surface area contributed by atoms with Crippen molar-refractivity contribution in [2.75, 3.05) is 19.8 Å². The van der Waals surface area contributed by atoms with Crippen molar-refractivity contribution in [3.05, 3.63) is 55.0 Å². The van der Waals surface area contributed by atoms with Gasteiger partial charge >= 0.3 is 5.97 Å². The summed E-state index contributed by atoms with van der Waals surface area (Å²) < 4.78 is 17.0. The first-order valence-corrected chi connectivity index (χ1v) is 12.4. The molecule has 1 fully saturated rings. The van der Waals surface area contributed by atoms with Gasteiger partial charge in [-0.2, -0.15) is 0 Å². The van der Waals surface area contributed by atoms with Crippen molar-refractivity contribution in [1.82, 2.24) is 5.32 Å². The molecule has 0 spiro atoms. The smallest absolute Gasteiger partial charge is 0.344 e. The summed E-state index contributed by atoms with van der Waals surface area (Å²) >= 11 is 9.51. The van der Waals surface area contributed by atoms with Crippen molar-refractivity contribution >= 4 is 74.8 Å². The summed E-state index contributed by atoms with van der Waals surface area (Å²) in [5.41, 5.74) is 2.29. The predicted molar refractivity (Wildman–Crippen MR) is 139 cm³/mol. The molecule has 1 N–H and O–H groups in total. The summed E-state index contributed by atoms with van der Waals surface area (Å²) in [6.07, 6.45) is 1.76. The highest BCUT2D eigenvalue weighted by atomic mass is 127. The van der Waals surface area contributed by atoms with Crippen LogP contribution in [0.1, 0.15) is 25.0 Å². The Labute approximate surface area is 215 Å². The molecule has 0 radical (unpaired) electrons. The van der Waals surface area contributed by atoms with E-state index in [1.165, 1.54) is 11.8 Å². The highest BCUT2D eigenvalue weighted by Crippen LogP contribution is 2.37. The van der Waals surface area contributed by atoms with Crippen LogP contribution in [0.3, 0.4) is 0 Å². The van der Waals surface area contributed by atoms with Crippen molar-refractivity contribution < 1.29 is 23.8 Å². The van der Waals surface area contributed by atoms with Crippen LogP contribution in [0.15, 0.2) is 40.2 Å². The molecule has 0 unspecified atom stereocenters.